The van der Waals surface area contributed by atoms with E-state index in [4.69, 9.17) is 4.74 Å². The van der Waals surface area contributed by atoms with Crippen LogP contribution in [0.2, 0.25) is 0 Å². The zero-order chi connectivity index (χ0) is 17.7. The molecule has 2 heteroatoms. The molecule has 26 heavy (non-hydrogen) atoms. The Labute approximate surface area is 155 Å². The number of hydrogen-bond acceptors (Lipinski definition) is 2. The zero-order valence-electron chi connectivity index (χ0n) is 15.2. The molecule has 2 aliphatic heterocycles. The van der Waals surface area contributed by atoms with E-state index in [-0.39, 0.29) is 17.7 Å². The first kappa shape index (κ1) is 15.7. The van der Waals surface area contributed by atoms with Crippen LogP contribution in [0.5, 0.6) is 0 Å². The number of aryl methyl sites for hydroxylation is 1. The van der Waals surface area contributed by atoms with Gasteiger partial charge in [0.25, 0.3) is 0 Å². The van der Waals surface area contributed by atoms with Gasteiger partial charge in [0.05, 0.1) is 11.5 Å². The Hall–Kier alpha value is -2.58. The van der Waals surface area contributed by atoms with Crippen LogP contribution >= 0.6 is 0 Å². The second-order valence-corrected chi connectivity index (χ2v) is 7.56. The molecule has 1 fully saturated rings. The SMILES string of the molecule is Cc1ccc([C@@]23C[C@H](c4ccccc4)O[C@H]2N(C)c2ccccc23)cc1. The molecule has 3 aromatic carbocycles. The summed E-state index contributed by atoms with van der Waals surface area (Å²) in [6.07, 6.45) is 1.10. The monoisotopic (exact) mass is 341 g/mol. The summed E-state index contributed by atoms with van der Waals surface area (Å²) in [5.41, 5.74) is 6.45. The van der Waals surface area contributed by atoms with E-state index in [9.17, 15) is 0 Å². The maximum atomic E-state index is 6.68. The van der Waals surface area contributed by atoms with Crippen molar-refractivity contribution in [2.24, 2.45) is 0 Å². The molecule has 0 amide bonds. The number of likely N-dealkylation sites (N-methyl/N-ethyl adjacent to an activating group) is 1. The molecule has 3 aromatic rings. The summed E-state index contributed by atoms with van der Waals surface area (Å²) < 4.78 is 6.68. The maximum Gasteiger partial charge on any atom is 0.144 e. The minimum Gasteiger partial charge on any atom is -0.349 e. The van der Waals surface area contributed by atoms with E-state index in [0.29, 0.717) is 0 Å². The molecule has 0 saturated carbocycles. The molecule has 1 saturated heterocycles. The van der Waals surface area contributed by atoms with Crippen LogP contribution < -0.4 is 4.90 Å². The van der Waals surface area contributed by atoms with Crippen LogP contribution in [0.25, 0.3) is 0 Å². The molecule has 0 bridgehead atoms. The molecule has 2 aliphatic rings. The number of anilines is 1. The summed E-state index contributed by atoms with van der Waals surface area (Å²) in [6.45, 7) is 2.14. The molecule has 0 radical (unpaired) electrons. The predicted octanol–water partition coefficient (Wildman–Crippen LogP) is 5.22. The van der Waals surface area contributed by atoms with Gasteiger partial charge in [-0.2, -0.15) is 0 Å². The van der Waals surface area contributed by atoms with E-state index in [0.717, 1.165) is 6.42 Å². The Morgan fingerprint density at radius 3 is 2.35 bits per heavy atom. The molecule has 130 valence electrons. The molecule has 2 heterocycles. The normalized spacial score (nSPS) is 26.6. The lowest BCUT2D eigenvalue weighted by Crippen LogP contribution is -2.40. The largest absolute Gasteiger partial charge is 0.349 e. The van der Waals surface area contributed by atoms with E-state index in [1.165, 1.54) is 27.9 Å². The third kappa shape index (κ3) is 2.09. The molecule has 5 rings (SSSR count). The van der Waals surface area contributed by atoms with Crippen molar-refractivity contribution in [1.82, 2.24) is 0 Å². The standard InChI is InChI=1S/C24H23NO/c1-17-12-14-19(15-13-17)24-16-22(18-8-4-3-5-9-18)26-23(24)25(2)21-11-7-6-10-20(21)24/h3-15,22-23H,16H2,1-2H3/t22-,23-,24-/m1/s1. The quantitative estimate of drug-likeness (QED) is 0.634. The molecule has 0 unspecified atom stereocenters. The van der Waals surface area contributed by atoms with E-state index in [1.807, 2.05) is 0 Å². The van der Waals surface area contributed by atoms with Crippen molar-refractivity contribution < 1.29 is 4.74 Å². The van der Waals surface area contributed by atoms with E-state index < -0.39 is 0 Å². The molecule has 2 nitrogen and oxygen atoms in total. The first-order chi connectivity index (χ1) is 12.7. The summed E-state index contributed by atoms with van der Waals surface area (Å²) in [4.78, 5) is 2.32. The van der Waals surface area contributed by atoms with Gasteiger partial charge in [-0.1, -0.05) is 78.4 Å². The Bertz CT molecular complexity index is 934. The highest BCUT2D eigenvalue weighted by atomic mass is 16.5. The van der Waals surface area contributed by atoms with Gasteiger partial charge in [-0.25, -0.2) is 0 Å². The highest BCUT2D eigenvalue weighted by molar-refractivity contribution is 5.67. The number of rotatable bonds is 2. The van der Waals surface area contributed by atoms with E-state index >= 15 is 0 Å². The van der Waals surface area contributed by atoms with Crippen LogP contribution in [0.15, 0.2) is 78.9 Å². The highest BCUT2D eigenvalue weighted by Gasteiger charge is 2.58. The van der Waals surface area contributed by atoms with Crippen molar-refractivity contribution >= 4 is 5.69 Å². The third-order valence-electron chi connectivity index (χ3n) is 6.08. The number of nitrogens with zero attached hydrogens (tertiary/aromatic N) is 1. The molecule has 0 spiro atoms. The second-order valence-electron chi connectivity index (χ2n) is 7.56. The average Bonchev–Trinajstić information content (AvgIpc) is 3.19. The number of ether oxygens (including phenoxy) is 1. The van der Waals surface area contributed by atoms with Crippen LogP contribution in [-0.4, -0.2) is 13.3 Å². The smallest absolute Gasteiger partial charge is 0.144 e. The van der Waals surface area contributed by atoms with Crippen molar-refractivity contribution in [1.29, 1.82) is 0 Å². The number of fused-ring (bicyclic) bond motifs is 3. The minimum absolute atomic E-state index is 0.0211. The lowest BCUT2D eigenvalue weighted by atomic mass is 9.72. The van der Waals surface area contributed by atoms with Crippen LogP contribution in [0.4, 0.5) is 5.69 Å². The molecule has 3 atom stereocenters. The van der Waals surface area contributed by atoms with Gasteiger partial charge in [0.2, 0.25) is 0 Å². The molecule has 0 N–H and O–H groups in total. The fourth-order valence-corrected chi connectivity index (χ4v) is 4.79. The zero-order valence-corrected chi connectivity index (χ0v) is 15.2. The second kappa shape index (κ2) is 5.72. The Morgan fingerprint density at radius 2 is 1.58 bits per heavy atom. The average molecular weight is 341 g/mol. The molecule has 0 aliphatic carbocycles. The van der Waals surface area contributed by atoms with Crippen LogP contribution in [0.3, 0.4) is 0 Å². The van der Waals surface area contributed by atoms with Crippen LogP contribution in [0, 0.1) is 6.92 Å². The van der Waals surface area contributed by atoms with Crippen molar-refractivity contribution in [3.8, 4) is 0 Å². The van der Waals surface area contributed by atoms with Gasteiger partial charge in [-0.15, -0.1) is 0 Å². The predicted molar refractivity (Wildman–Crippen MR) is 105 cm³/mol. The van der Waals surface area contributed by atoms with E-state index in [1.54, 1.807) is 0 Å². The van der Waals surface area contributed by atoms with Gasteiger partial charge >= 0.3 is 0 Å². The Morgan fingerprint density at radius 1 is 0.885 bits per heavy atom. The lowest BCUT2D eigenvalue weighted by Gasteiger charge is -2.31. The summed E-state index contributed by atoms with van der Waals surface area (Å²) in [6, 6.07) is 28.4. The van der Waals surface area contributed by atoms with Gasteiger partial charge in [-0.3, -0.25) is 0 Å². The van der Waals surface area contributed by atoms with Crippen molar-refractivity contribution in [3.63, 3.8) is 0 Å². The van der Waals surface area contributed by atoms with Gasteiger partial charge in [-0.05, 0) is 36.1 Å². The number of para-hydroxylation sites is 1. The Balaban J connectivity index is 1.69. The topological polar surface area (TPSA) is 12.5 Å². The van der Waals surface area contributed by atoms with Gasteiger partial charge < -0.3 is 9.64 Å². The molecule has 0 aromatic heterocycles. The summed E-state index contributed by atoms with van der Waals surface area (Å²) in [5, 5.41) is 0. The maximum absolute atomic E-state index is 6.68. The van der Waals surface area contributed by atoms with Crippen molar-refractivity contribution in [2.45, 2.75) is 31.1 Å². The van der Waals surface area contributed by atoms with Gasteiger partial charge in [0.1, 0.15) is 6.23 Å². The summed E-state index contributed by atoms with van der Waals surface area (Å²) >= 11 is 0. The first-order valence-electron chi connectivity index (χ1n) is 9.30. The fraction of sp³-hybridized carbons (Fsp3) is 0.250. The van der Waals surface area contributed by atoms with Crippen molar-refractivity contribution in [2.75, 3.05) is 11.9 Å². The lowest BCUT2D eigenvalue weighted by molar-refractivity contribution is 0.0381. The first-order valence-corrected chi connectivity index (χ1v) is 9.30. The van der Waals surface area contributed by atoms with Crippen LogP contribution in [-0.2, 0) is 10.2 Å². The summed E-state index contributed by atoms with van der Waals surface area (Å²) in [7, 11) is 2.16. The highest BCUT2D eigenvalue weighted by Crippen LogP contribution is 2.58. The molecular formula is C24H23NO. The molecular weight excluding hydrogens is 318 g/mol. The van der Waals surface area contributed by atoms with Crippen LogP contribution in [0.1, 0.15) is 34.8 Å². The number of hydrogen-bond donors (Lipinski definition) is 0. The fourth-order valence-electron chi connectivity index (χ4n) is 4.79. The Kier molecular flexibility index (Phi) is 3.44. The third-order valence-corrected chi connectivity index (χ3v) is 6.08. The van der Waals surface area contributed by atoms with E-state index in [2.05, 4.69) is 97.7 Å². The number of benzene rings is 3. The van der Waals surface area contributed by atoms with Crippen molar-refractivity contribution in [3.05, 3.63) is 101 Å². The van der Waals surface area contributed by atoms with Gasteiger partial charge in [0, 0.05) is 12.7 Å². The van der Waals surface area contributed by atoms with Gasteiger partial charge in [0.15, 0.2) is 0 Å². The minimum atomic E-state index is -0.125. The summed E-state index contributed by atoms with van der Waals surface area (Å²) in [5.74, 6) is 0.